The number of aliphatic carboxylic acids is 1. The lowest BCUT2D eigenvalue weighted by molar-refractivity contribution is -0.141. The van der Waals surface area contributed by atoms with Gasteiger partial charge in [-0.05, 0) is 31.9 Å². The van der Waals surface area contributed by atoms with Gasteiger partial charge in [0.1, 0.15) is 0 Å². The predicted octanol–water partition coefficient (Wildman–Crippen LogP) is 2.40. The molecule has 2 amide bonds. The Labute approximate surface area is 149 Å². The smallest absolute Gasteiger partial charge is 0.317 e. The maximum absolute atomic E-state index is 12.3. The minimum Gasteiger partial charge on any atom is -0.481 e. The van der Waals surface area contributed by atoms with Gasteiger partial charge in [-0.2, -0.15) is 0 Å². The van der Waals surface area contributed by atoms with Crippen molar-refractivity contribution in [3.05, 3.63) is 35.9 Å². The van der Waals surface area contributed by atoms with Crippen molar-refractivity contribution >= 4 is 12.0 Å². The minimum absolute atomic E-state index is 0.0786. The lowest BCUT2D eigenvalue weighted by atomic mass is 9.98. The third-order valence-electron chi connectivity index (χ3n) is 5.06. The molecule has 2 atom stereocenters. The molecule has 0 radical (unpaired) electrons. The molecule has 1 fully saturated rings. The second kappa shape index (κ2) is 8.34. The van der Waals surface area contributed by atoms with Crippen molar-refractivity contribution in [2.75, 3.05) is 26.7 Å². The van der Waals surface area contributed by atoms with Crippen LogP contribution in [0.4, 0.5) is 4.79 Å². The number of benzene rings is 1. The highest BCUT2D eigenvalue weighted by Crippen LogP contribution is 2.30. The molecular weight excluding hydrogens is 318 g/mol. The van der Waals surface area contributed by atoms with Gasteiger partial charge in [0.05, 0.1) is 5.92 Å². The zero-order chi connectivity index (χ0) is 18.4. The fraction of sp³-hybridized carbons (Fsp3) is 0.579. The van der Waals surface area contributed by atoms with Crippen LogP contribution in [-0.2, 0) is 11.3 Å². The number of hydrogen-bond acceptors (Lipinski definition) is 3. The minimum atomic E-state index is -0.892. The van der Waals surface area contributed by atoms with Gasteiger partial charge >= 0.3 is 12.0 Å². The molecule has 0 bridgehead atoms. The van der Waals surface area contributed by atoms with Gasteiger partial charge in [-0.1, -0.05) is 37.3 Å². The molecule has 0 aromatic heterocycles. The third kappa shape index (κ3) is 5.19. The zero-order valence-electron chi connectivity index (χ0n) is 15.4. The average Bonchev–Trinajstić information content (AvgIpc) is 2.94. The first-order valence-corrected chi connectivity index (χ1v) is 8.82. The Morgan fingerprint density at radius 1 is 1.36 bits per heavy atom. The number of hydrogen-bond donors (Lipinski definition) is 2. The quantitative estimate of drug-likeness (QED) is 0.794. The fourth-order valence-electron chi connectivity index (χ4n) is 3.33. The Kier molecular flexibility index (Phi) is 6.42. The summed E-state index contributed by atoms with van der Waals surface area (Å²) in [5.41, 5.74) is 1.19. The summed E-state index contributed by atoms with van der Waals surface area (Å²) in [6.07, 6.45) is 2.15. The van der Waals surface area contributed by atoms with E-state index >= 15 is 0 Å². The number of carbonyl (C=O) groups excluding carboxylic acids is 1. The highest BCUT2D eigenvalue weighted by atomic mass is 16.4. The first kappa shape index (κ1) is 19.2. The second-order valence-corrected chi connectivity index (χ2v) is 7.29. The van der Waals surface area contributed by atoms with E-state index < -0.39 is 11.9 Å². The predicted molar refractivity (Wildman–Crippen MR) is 97.3 cm³/mol. The molecule has 0 aliphatic carbocycles. The Hall–Kier alpha value is -2.08. The Morgan fingerprint density at radius 3 is 2.68 bits per heavy atom. The Morgan fingerprint density at radius 2 is 2.04 bits per heavy atom. The van der Waals surface area contributed by atoms with Crippen LogP contribution in [0.1, 0.15) is 32.3 Å². The van der Waals surface area contributed by atoms with Gasteiger partial charge in [-0.3, -0.25) is 9.69 Å². The zero-order valence-corrected chi connectivity index (χ0v) is 15.4. The van der Waals surface area contributed by atoms with Crippen LogP contribution in [0, 0.1) is 5.92 Å². The van der Waals surface area contributed by atoms with Crippen molar-refractivity contribution in [2.45, 2.75) is 38.8 Å². The number of nitrogens with one attached hydrogen (secondary N) is 1. The normalized spacial score (nSPS) is 21.7. The van der Waals surface area contributed by atoms with Crippen LogP contribution in [0.25, 0.3) is 0 Å². The number of carbonyl (C=O) groups is 2. The number of carboxylic acid groups (broad SMARTS) is 1. The second-order valence-electron chi connectivity index (χ2n) is 7.29. The van der Waals surface area contributed by atoms with Crippen LogP contribution in [0.5, 0.6) is 0 Å². The molecule has 2 unspecified atom stereocenters. The standard InChI is InChI=1S/C19H29N3O3/c1-15(17(23)24)12-21(3)18(25)20-14-19(2)10-7-11-22(19)13-16-8-5-4-6-9-16/h4-6,8-9,15H,7,10-14H2,1-3H3,(H,20,25)(H,23,24). The molecule has 1 aliphatic heterocycles. The molecular formula is C19H29N3O3. The van der Waals surface area contributed by atoms with Crippen molar-refractivity contribution in [3.8, 4) is 0 Å². The topological polar surface area (TPSA) is 72.9 Å². The van der Waals surface area contributed by atoms with Gasteiger partial charge < -0.3 is 15.3 Å². The summed E-state index contributed by atoms with van der Waals surface area (Å²) in [4.78, 5) is 27.1. The van der Waals surface area contributed by atoms with E-state index in [1.807, 2.05) is 18.2 Å². The largest absolute Gasteiger partial charge is 0.481 e. The first-order valence-electron chi connectivity index (χ1n) is 8.82. The van der Waals surface area contributed by atoms with E-state index in [1.54, 1.807) is 14.0 Å². The van der Waals surface area contributed by atoms with Crippen LogP contribution in [0.15, 0.2) is 30.3 Å². The summed E-state index contributed by atoms with van der Waals surface area (Å²) in [5, 5.41) is 11.9. The van der Waals surface area contributed by atoms with E-state index in [2.05, 4.69) is 29.3 Å². The van der Waals surface area contributed by atoms with Crippen LogP contribution in [0.3, 0.4) is 0 Å². The fourth-order valence-corrected chi connectivity index (χ4v) is 3.33. The van der Waals surface area contributed by atoms with Crippen LogP contribution in [0.2, 0.25) is 0 Å². The van der Waals surface area contributed by atoms with Crippen molar-refractivity contribution in [1.29, 1.82) is 0 Å². The first-order chi connectivity index (χ1) is 11.8. The van der Waals surface area contributed by atoms with Crippen molar-refractivity contribution in [3.63, 3.8) is 0 Å². The van der Waals surface area contributed by atoms with E-state index in [4.69, 9.17) is 5.11 Å². The highest BCUT2D eigenvalue weighted by Gasteiger charge is 2.36. The monoisotopic (exact) mass is 347 g/mol. The van der Waals surface area contributed by atoms with E-state index in [1.165, 1.54) is 10.5 Å². The summed E-state index contributed by atoms with van der Waals surface area (Å²) in [6, 6.07) is 10.1. The molecule has 2 N–H and O–H groups in total. The number of amides is 2. The summed E-state index contributed by atoms with van der Waals surface area (Å²) >= 11 is 0. The molecule has 0 spiro atoms. The van der Waals surface area contributed by atoms with E-state index in [9.17, 15) is 9.59 Å². The van der Waals surface area contributed by atoms with Crippen molar-refractivity contribution in [1.82, 2.24) is 15.1 Å². The molecule has 6 heteroatoms. The molecule has 1 aromatic rings. The van der Waals surface area contributed by atoms with Crippen LogP contribution in [-0.4, -0.2) is 59.1 Å². The maximum atomic E-state index is 12.3. The number of carboxylic acids is 1. The van der Waals surface area contributed by atoms with E-state index in [-0.39, 0.29) is 18.1 Å². The Balaban J connectivity index is 1.89. The molecule has 1 aliphatic rings. The summed E-state index contributed by atoms with van der Waals surface area (Å²) in [7, 11) is 1.63. The van der Waals surface area contributed by atoms with Gasteiger partial charge in [0, 0.05) is 32.2 Å². The molecule has 25 heavy (non-hydrogen) atoms. The van der Waals surface area contributed by atoms with Gasteiger partial charge in [0.15, 0.2) is 0 Å². The number of nitrogens with zero attached hydrogens (tertiary/aromatic N) is 2. The van der Waals surface area contributed by atoms with Gasteiger partial charge in [0.25, 0.3) is 0 Å². The molecule has 6 nitrogen and oxygen atoms in total. The highest BCUT2D eigenvalue weighted by molar-refractivity contribution is 5.75. The van der Waals surface area contributed by atoms with E-state index in [0.29, 0.717) is 6.54 Å². The SMILES string of the molecule is CC(CN(C)C(=O)NCC1(C)CCCN1Cc1ccccc1)C(=O)O. The molecule has 138 valence electrons. The third-order valence-corrected chi connectivity index (χ3v) is 5.06. The lowest BCUT2D eigenvalue weighted by Gasteiger charge is -2.36. The van der Waals surface area contributed by atoms with Gasteiger partial charge in [-0.25, -0.2) is 4.79 Å². The molecule has 0 saturated carbocycles. The van der Waals surface area contributed by atoms with Crippen LogP contribution >= 0.6 is 0 Å². The number of urea groups is 1. The van der Waals surface area contributed by atoms with E-state index in [0.717, 1.165) is 25.9 Å². The Bertz CT molecular complexity index is 593. The molecule has 2 rings (SSSR count). The lowest BCUT2D eigenvalue weighted by Crippen LogP contribution is -2.52. The average molecular weight is 347 g/mol. The number of rotatable bonds is 7. The number of likely N-dealkylation sites (tertiary alicyclic amines) is 1. The summed E-state index contributed by atoms with van der Waals surface area (Å²) in [6.45, 7) is 6.44. The van der Waals surface area contributed by atoms with Crippen LogP contribution < -0.4 is 5.32 Å². The van der Waals surface area contributed by atoms with Gasteiger partial charge in [0.2, 0.25) is 0 Å². The molecule has 1 aromatic carbocycles. The maximum Gasteiger partial charge on any atom is 0.317 e. The molecule has 1 heterocycles. The van der Waals surface area contributed by atoms with Gasteiger partial charge in [-0.15, -0.1) is 0 Å². The van der Waals surface area contributed by atoms with Crippen molar-refractivity contribution in [2.24, 2.45) is 5.92 Å². The van der Waals surface area contributed by atoms with Crippen molar-refractivity contribution < 1.29 is 14.7 Å². The summed E-state index contributed by atoms with van der Waals surface area (Å²) < 4.78 is 0. The summed E-state index contributed by atoms with van der Waals surface area (Å²) in [5.74, 6) is -1.47. The molecule has 1 saturated heterocycles.